The molecule has 1 fully saturated rings. The summed E-state index contributed by atoms with van der Waals surface area (Å²) in [7, 11) is 0. The highest BCUT2D eigenvalue weighted by molar-refractivity contribution is 6.31. The van der Waals surface area contributed by atoms with Gasteiger partial charge in [0.05, 0.1) is 0 Å². The van der Waals surface area contributed by atoms with E-state index in [1.807, 2.05) is 0 Å². The molecule has 0 saturated heterocycles. The van der Waals surface area contributed by atoms with Gasteiger partial charge in [0.15, 0.2) is 11.6 Å². The minimum Gasteiger partial charge on any atom is -0.321 e. The summed E-state index contributed by atoms with van der Waals surface area (Å²) >= 11 is 6.03. The molecule has 1 nitrogen and oxygen atoms in total. The number of hydrogen-bond donors (Lipinski definition) is 1. The Hall–Kier alpha value is -0.670. The Morgan fingerprint density at radius 1 is 1.22 bits per heavy atom. The molecule has 1 aliphatic rings. The van der Waals surface area contributed by atoms with Gasteiger partial charge >= 0.3 is 0 Å². The topological polar surface area (TPSA) is 26.0 Å². The quantitative estimate of drug-likeness (QED) is 0.762. The SMILES string of the molecule is CC1CC(C)CC(N)(c2c(Cl)ccc(F)c2F)C1. The van der Waals surface area contributed by atoms with Crippen LogP contribution in [-0.2, 0) is 5.54 Å². The van der Waals surface area contributed by atoms with Crippen molar-refractivity contribution in [1.29, 1.82) is 0 Å². The van der Waals surface area contributed by atoms with Crippen molar-refractivity contribution in [2.75, 3.05) is 0 Å². The van der Waals surface area contributed by atoms with Crippen LogP contribution in [0, 0.1) is 23.5 Å². The van der Waals surface area contributed by atoms with E-state index in [-0.39, 0.29) is 10.6 Å². The molecular formula is C14H18ClF2N. The van der Waals surface area contributed by atoms with Crippen molar-refractivity contribution in [2.24, 2.45) is 17.6 Å². The summed E-state index contributed by atoms with van der Waals surface area (Å²) in [6.45, 7) is 4.17. The number of benzene rings is 1. The Kier molecular flexibility index (Phi) is 3.65. The van der Waals surface area contributed by atoms with Crippen LogP contribution in [0.1, 0.15) is 38.7 Å². The van der Waals surface area contributed by atoms with Crippen molar-refractivity contribution in [3.63, 3.8) is 0 Å². The summed E-state index contributed by atoms with van der Waals surface area (Å²) in [6, 6.07) is 2.42. The van der Waals surface area contributed by atoms with Crippen molar-refractivity contribution in [3.8, 4) is 0 Å². The molecule has 0 aromatic heterocycles. The molecule has 1 aromatic carbocycles. The lowest BCUT2D eigenvalue weighted by atomic mass is 9.69. The van der Waals surface area contributed by atoms with Crippen LogP contribution in [0.3, 0.4) is 0 Å². The first-order valence-corrected chi connectivity index (χ1v) is 6.64. The predicted octanol–water partition coefficient (Wildman–Crippen LogP) is 4.23. The predicted molar refractivity (Wildman–Crippen MR) is 69.4 cm³/mol. The molecule has 0 spiro atoms. The number of rotatable bonds is 1. The van der Waals surface area contributed by atoms with E-state index < -0.39 is 17.2 Å². The molecule has 0 aliphatic heterocycles. The fourth-order valence-electron chi connectivity index (χ4n) is 3.37. The molecule has 1 aliphatic carbocycles. The van der Waals surface area contributed by atoms with Crippen LogP contribution in [0.5, 0.6) is 0 Å². The molecule has 0 heterocycles. The Labute approximate surface area is 111 Å². The molecule has 2 N–H and O–H groups in total. The maximum absolute atomic E-state index is 14.0. The maximum Gasteiger partial charge on any atom is 0.165 e. The summed E-state index contributed by atoms with van der Waals surface area (Å²) in [4.78, 5) is 0. The first-order chi connectivity index (χ1) is 8.33. The van der Waals surface area contributed by atoms with Crippen molar-refractivity contribution >= 4 is 11.6 Å². The smallest absolute Gasteiger partial charge is 0.165 e. The van der Waals surface area contributed by atoms with Gasteiger partial charge in [-0.2, -0.15) is 0 Å². The Balaban J connectivity index is 2.50. The highest BCUT2D eigenvalue weighted by Gasteiger charge is 2.39. The molecule has 0 bridgehead atoms. The first-order valence-electron chi connectivity index (χ1n) is 6.26. The average Bonchev–Trinajstić information content (AvgIpc) is 2.21. The van der Waals surface area contributed by atoms with Crippen molar-refractivity contribution < 1.29 is 8.78 Å². The van der Waals surface area contributed by atoms with Crippen LogP contribution in [0.25, 0.3) is 0 Å². The fraction of sp³-hybridized carbons (Fsp3) is 0.571. The van der Waals surface area contributed by atoms with E-state index in [0.717, 1.165) is 12.5 Å². The normalized spacial score (nSPS) is 32.6. The molecule has 4 heteroatoms. The fourth-order valence-corrected chi connectivity index (χ4v) is 3.70. The van der Waals surface area contributed by atoms with Gasteiger partial charge in [-0.05, 0) is 43.2 Å². The zero-order valence-corrected chi connectivity index (χ0v) is 11.4. The molecule has 0 amide bonds. The van der Waals surface area contributed by atoms with Gasteiger partial charge in [0, 0.05) is 16.1 Å². The van der Waals surface area contributed by atoms with Crippen molar-refractivity contribution in [2.45, 2.75) is 38.6 Å². The van der Waals surface area contributed by atoms with E-state index in [1.54, 1.807) is 0 Å². The Morgan fingerprint density at radius 2 is 1.78 bits per heavy atom. The Bertz CT molecular complexity index is 451. The third kappa shape index (κ3) is 2.39. The molecule has 18 heavy (non-hydrogen) atoms. The van der Waals surface area contributed by atoms with Crippen molar-refractivity contribution in [3.05, 3.63) is 34.4 Å². The molecule has 2 unspecified atom stereocenters. The summed E-state index contributed by atoms with van der Waals surface area (Å²) < 4.78 is 27.4. The lowest BCUT2D eigenvalue weighted by molar-refractivity contribution is 0.178. The van der Waals surface area contributed by atoms with Crippen molar-refractivity contribution in [1.82, 2.24) is 0 Å². The van der Waals surface area contributed by atoms with Crippen LogP contribution >= 0.6 is 11.6 Å². The van der Waals surface area contributed by atoms with E-state index in [4.69, 9.17) is 17.3 Å². The van der Waals surface area contributed by atoms with Crippen LogP contribution in [0.15, 0.2) is 12.1 Å². The minimum atomic E-state index is -0.897. The van der Waals surface area contributed by atoms with E-state index in [1.165, 1.54) is 6.07 Å². The summed E-state index contributed by atoms with van der Waals surface area (Å²) in [5.41, 5.74) is 5.62. The molecule has 100 valence electrons. The van der Waals surface area contributed by atoms with E-state index >= 15 is 0 Å². The second-order valence-electron chi connectivity index (χ2n) is 5.73. The second kappa shape index (κ2) is 4.78. The standard InChI is InChI=1S/C14H18ClF2N/c1-8-5-9(2)7-14(18,6-8)12-10(15)3-4-11(16)13(12)17/h3-4,8-9H,5-7,18H2,1-2H3. The van der Waals surface area contributed by atoms with Gasteiger partial charge in [-0.15, -0.1) is 0 Å². The lowest BCUT2D eigenvalue weighted by Gasteiger charge is -2.41. The highest BCUT2D eigenvalue weighted by atomic mass is 35.5. The first kappa shape index (κ1) is 13.8. The van der Waals surface area contributed by atoms with Gasteiger partial charge in [0.2, 0.25) is 0 Å². The lowest BCUT2D eigenvalue weighted by Crippen LogP contribution is -2.44. The van der Waals surface area contributed by atoms with Gasteiger partial charge in [-0.3, -0.25) is 0 Å². The van der Waals surface area contributed by atoms with E-state index in [2.05, 4.69) is 13.8 Å². The van der Waals surface area contributed by atoms with Gasteiger partial charge in [0.1, 0.15) is 0 Å². The third-order valence-corrected chi connectivity index (χ3v) is 4.09. The van der Waals surface area contributed by atoms with E-state index in [0.29, 0.717) is 24.7 Å². The maximum atomic E-state index is 14.0. The van der Waals surface area contributed by atoms with Crippen LogP contribution in [-0.4, -0.2) is 0 Å². The van der Waals surface area contributed by atoms with Gasteiger partial charge in [-0.25, -0.2) is 8.78 Å². The number of hydrogen-bond acceptors (Lipinski definition) is 1. The molecule has 2 atom stereocenters. The third-order valence-electron chi connectivity index (χ3n) is 3.77. The van der Waals surface area contributed by atoms with Gasteiger partial charge < -0.3 is 5.73 Å². The second-order valence-corrected chi connectivity index (χ2v) is 6.14. The number of halogens is 3. The van der Waals surface area contributed by atoms with Gasteiger partial charge in [-0.1, -0.05) is 25.4 Å². The highest BCUT2D eigenvalue weighted by Crippen LogP contribution is 2.44. The molecule has 0 radical (unpaired) electrons. The molecule has 1 aromatic rings. The van der Waals surface area contributed by atoms with Crippen LogP contribution in [0.2, 0.25) is 5.02 Å². The molecule has 1 saturated carbocycles. The zero-order chi connectivity index (χ0) is 13.5. The van der Waals surface area contributed by atoms with Gasteiger partial charge in [0.25, 0.3) is 0 Å². The summed E-state index contributed by atoms with van der Waals surface area (Å²) in [5, 5.41) is 0.220. The van der Waals surface area contributed by atoms with Crippen LogP contribution < -0.4 is 5.73 Å². The summed E-state index contributed by atoms with van der Waals surface area (Å²) in [6.07, 6.45) is 2.34. The zero-order valence-electron chi connectivity index (χ0n) is 10.6. The van der Waals surface area contributed by atoms with E-state index in [9.17, 15) is 8.78 Å². The van der Waals surface area contributed by atoms with Crippen LogP contribution in [0.4, 0.5) is 8.78 Å². The average molecular weight is 274 g/mol. The summed E-state index contributed by atoms with van der Waals surface area (Å²) in [5.74, 6) is -1.01. The Morgan fingerprint density at radius 3 is 2.33 bits per heavy atom. The largest absolute Gasteiger partial charge is 0.321 e. The number of nitrogens with two attached hydrogens (primary N) is 1. The minimum absolute atomic E-state index is 0.141. The molecular weight excluding hydrogens is 256 g/mol. The monoisotopic (exact) mass is 273 g/mol. The molecule has 2 rings (SSSR count).